The number of hydrogen-bond donors (Lipinski definition) is 0. The molecule has 0 fully saturated rings. The van der Waals surface area contributed by atoms with Crippen LogP contribution in [0.15, 0.2) is 35.4 Å². The minimum Gasteiger partial charge on any atom is -0.479 e. The van der Waals surface area contributed by atoms with Crippen LogP contribution in [0.25, 0.3) is 0 Å². The zero-order valence-electron chi connectivity index (χ0n) is 16.1. The summed E-state index contributed by atoms with van der Waals surface area (Å²) in [5, 5.41) is 16.5. The molecule has 0 amide bonds. The summed E-state index contributed by atoms with van der Waals surface area (Å²) in [5.41, 5.74) is -2.62. The number of rotatable bonds is 6. The van der Waals surface area contributed by atoms with Crippen molar-refractivity contribution < 1.29 is 27.4 Å². The molecule has 0 aliphatic heterocycles. The molecular weight excluding hydrogens is 455 g/mol. The molecule has 0 spiro atoms. The molecule has 0 saturated heterocycles. The Bertz CT molecular complexity index is 1290. The van der Waals surface area contributed by atoms with E-state index in [1.165, 1.54) is 19.2 Å². The van der Waals surface area contributed by atoms with Crippen LogP contribution in [0.5, 0.6) is 17.4 Å². The number of benzene rings is 1. The molecule has 32 heavy (non-hydrogen) atoms. The number of halogens is 4. The van der Waals surface area contributed by atoms with Gasteiger partial charge in [-0.2, -0.15) is 18.4 Å². The maximum Gasteiger partial charge on any atom is 0.437 e. The van der Waals surface area contributed by atoms with Gasteiger partial charge in [-0.3, -0.25) is 14.2 Å². The van der Waals surface area contributed by atoms with E-state index in [-0.39, 0.29) is 40.0 Å². The van der Waals surface area contributed by atoms with Gasteiger partial charge in [-0.15, -0.1) is 10.2 Å². The lowest BCUT2D eigenvalue weighted by Gasteiger charge is -2.15. The largest absolute Gasteiger partial charge is 0.479 e. The first-order valence-electron chi connectivity index (χ1n) is 8.57. The van der Waals surface area contributed by atoms with Gasteiger partial charge < -0.3 is 9.47 Å². The van der Waals surface area contributed by atoms with E-state index in [1.54, 1.807) is 6.07 Å². The maximum atomic E-state index is 13.5. The van der Waals surface area contributed by atoms with E-state index < -0.39 is 23.2 Å². The van der Waals surface area contributed by atoms with Gasteiger partial charge in [0.25, 0.3) is 5.56 Å². The van der Waals surface area contributed by atoms with Gasteiger partial charge in [0.15, 0.2) is 12.0 Å². The van der Waals surface area contributed by atoms with Crippen molar-refractivity contribution in [3.63, 3.8) is 0 Å². The number of carbonyl (C=O) groups excluding carboxylic acids is 1. The predicted molar refractivity (Wildman–Crippen MR) is 103 cm³/mol. The first kappa shape index (κ1) is 22.7. The Morgan fingerprint density at radius 2 is 2.00 bits per heavy atom. The van der Waals surface area contributed by atoms with Crippen molar-refractivity contribution in [2.24, 2.45) is 0 Å². The third kappa shape index (κ3) is 4.84. The Morgan fingerprint density at radius 1 is 1.25 bits per heavy atom. The standard InChI is InChI=1S/C19H11ClF3N5O4/c1-31-17-11(8-29)4-13(26-27-17)7-28-9-25-16(19(21,22)23)15(18(28)30)32-14-3-10(6-24)2-12(20)5-14/h2-5,8-9H,7H2,1H3. The quantitative estimate of drug-likeness (QED) is 0.509. The molecular formula is C19H11ClF3N5O4. The van der Waals surface area contributed by atoms with Gasteiger partial charge in [-0.1, -0.05) is 11.6 Å². The maximum absolute atomic E-state index is 13.5. The first-order valence-corrected chi connectivity index (χ1v) is 8.95. The number of aldehydes is 1. The summed E-state index contributed by atoms with van der Waals surface area (Å²) >= 11 is 5.85. The van der Waals surface area contributed by atoms with Crippen LogP contribution in [-0.2, 0) is 12.7 Å². The van der Waals surface area contributed by atoms with Crippen molar-refractivity contribution in [1.82, 2.24) is 19.7 Å². The number of carbonyl (C=O) groups is 1. The van der Waals surface area contributed by atoms with Crippen LogP contribution in [0, 0.1) is 11.3 Å². The summed E-state index contributed by atoms with van der Waals surface area (Å²) in [4.78, 5) is 27.3. The van der Waals surface area contributed by atoms with Gasteiger partial charge >= 0.3 is 6.18 Å². The van der Waals surface area contributed by atoms with Crippen molar-refractivity contribution in [3.8, 4) is 23.4 Å². The average Bonchev–Trinajstić information content (AvgIpc) is 2.75. The lowest BCUT2D eigenvalue weighted by Crippen LogP contribution is -2.27. The molecule has 3 aromatic rings. The predicted octanol–water partition coefficient (Wildman–Crippen LogP) is 3.24. The summed E-state index contributed by atoms with van der Waals surface area (Å²) in [7, 11) is 1.28. The number of methoxy groups -OCH3 is 1. The van der Waals surface area contributed by atoms with Gasteiger partial charge in [0.1, 0.15) is 5.75 Å². The molecule has 0 aliphatic rings. The minimum absolute atomic E-state index is 0.0141. The van der Waals surface area contributed by atoms with Crippen molar-refractivity contribution >= 4 is 17.9 Å². The fourth-order valence-corrected chi connectivity index (χ4v) is 2.84. The van der Waals surface area contributed by atoms with Crippen LogP contribution in [0.2, 0.25) is 5.02 Å². The molecule has 0 N–H and O–H groups in total. The van der Waals surface area contributed by atoms with Gasteiger partial charge in [-0.05, 0) is 24.3 Å². The molecule has 3 rings (SSSR count). The first-order chi connectivity index (χ1) is 15.2. The highest BCUT2D eigenvalue weighted by molar-refractivity contribution is 6.30. The van der Waals surface area contributed by atoms with Crippen LogP contribution in [0.4, 0.5) is 13.2 Å². The molecule has 0 radical (unpaired) electrons. The Kier molecular flexibility index (Phi) is 6.40. The molecule has 0 atom stereocenters. The summed E-state index contributed by atoms with van der Waals surface area (Å²) in [6.07, 6.45) is -3.89. The third-order valence-corrected chi connectivity index (χ3v) is 4.19. The van der Waals surface area contributed by atoms with Crippen molar-refractivity contribution in [3.05, 3.63) is 68.5 Å². The van der Waals surface area contributed by atoms with Crippen molar-refractivity contribution in [2.45, 2.75) is 12.7 Å². The van der Waals surface area contributed by atoms with E-state index in [9.17, 15) is 22.8 Å². The van der Waals surface area contributed by atoms with Crippen molar-refractivity contribution in [2.75, 3.05) is 7.11 Å². The van der Waals surface area contributed by atoms with Crippen molar-refractivity contribution in [1.29, 1.82) is 5.26 Å². The molecule has 164 valence electrons. The summed E-state index contributed by atoms with van der Waals surface area (Å²) < 4.78 is 51.2. The van der Waals surface area contributed by atoms with E-state index >= 15 is 0 Å². The molecule has 0 bridgehead atoms. The molecule has 13 heteroatoms. The average molecular weight is 466 g/mol. The fraction of sp³-hybridized carbons (Fsp3) is 0.158. The minimum atomic E-state index is -5.01. The van der Waals surface area contributed by atoms with E-state index in [0.717, 1.165) is 16.7 Å². The van der Waals surface area contributed by atoms with E-state index in [2.05, 4.69) is 15.2 Å². The van der Waals surface area contributed by atoms with Crippen LogP contribution in [-0.4, -0.2) is 33.1 Å². The van der Waals surface area contributed by atoms with Gasteiger partial charge in [0, 0.05) is 5.02 Å². The Labute approximate surface area is 182 Å². The Hall–Kier alpha value is -3.98. The van der Waals surface area contributed by atoms with Gasteiger partial charge in [0.05, 0.1) is 42.9 Å². The number of hydrogen-bond acceptors (Lipinski definition) is 8. The topological polar surface area (TPSA) is 120 Å². The third-order valence-electron chi connectivity index (χ3n) is 3.98. The second kappa shape index (κ2) is 9.03. The van der Waals surface area contributed by atoms with Gasteiger partial charge in [-0.25, -0.2) is 4.98 Å². The van der Waals surface area contributed by atoms with E-state index in [1.807, 2.05) is 0 Å². The Balaban J connectivity index is 2.08. The van der Waals surface area contributed by atoms with E-state index in [0.29, 0.717) is 12.6 Å². The number of nitriles is 1. The van der Waals surface area contributed by atoms with Crippen LogP contribution in [0.1, 0.15) is 27.3 Å². The molecule has 9 nitrogen and oxygen atoms in total. The molecule has 1 aromatic carbocycles. The van der Waals surface area contributed by atoms with Crippen LogP contribution in [0.3, 0.4) is 0 Å². The van der Waals surface area contributed by atoms with Crippen LogP contribution < -0.4 is 15.0 Å². The van der Waals surface area contributed by atoms with Crippen LogP contribution >= 0.6 is 11.6 Å². The highest BCUT2D eigenvalue weighted by atomic mass is 35.5. The summed E-state index contributed by atoms with van der Waals surface area (Å²) in [6.45, 7) is -0.364. The Morgan fingerprint density at radius 3 is 2.62 bits per heavy atom. The molecule has 0 saturated carbocycles. The lowest BCUT2D eigenvalue weighted by atomic mass is 10.2. The highest BCUT2D eigenvalue weighted by Gasteiger charge is 2.38. The molecule has 2 aromatic heterocycles. The fourth-order valence-electron chi connectivity index (χ4n) is 2.61. The monoisotopic (exact) mass is 465 g/mol. The molecule has 2 heterocycles. The highest BCUT2D eigenvalue weighted by Crippen LogP contribution is 2.35. The second-order valence-electron chi connectivity index (χ2n) is 6.16. The smallest absolute Gasteiger partial charge is 0.437 e. The number of aromatic nitrogens is 4. The number of alkyl halides is 3. The SMILES string of the molecule is COc1nnc(Cn2cnc(C(F)(F)F)c(Oc3cc(Cl)cc(C#N)c3)c2=O)cc1C=O. The number of ether oxygens (including phenoxy) is 2. The van der Waals surface area contributed by atoms with Gasteiger partial charge in [0.2, 0.25) is 11.6 Å². The summed E-state index contributed by atoms with van der Waals surface area (Å²) in [5.74, 6) is -1.44. The molecule has 0 unspecified atom stereocenters. The molecule has 0 aliphatic carbocycles. The second-order valence-corrected chi connectivity index (χ2v) is 6.60. The lowest BCUT2D eigenvalue weighted by molar-refractivity contribution is -0.142. The zero-order chi connectivity index (χ0) is 23.5. The summed E-state index contributed by atoms with van der Waals surface area (Å²) in [6, 6.07) is 6.58. The van der Waals surface area contributed by atoms with E-state index in [4.69, 9.17) is 26.3 Å². The normalized spacial score (nSPS) is 11.0. The number of nitrogens with zero attached hydrogens (tertiary/aromatic N) is 5. The zero-order valence-corrected chi connectivity index (χ0v) is 16.8.